The molecule has 0 unspecified atom stereocenters. The van der Waals surface area contributed by atoms with Gasteiger partial charge in [-0.1, -0.05) is 46.3 Å². The Bertz CT molecular complexity index is 1230. The van der Waals surface area contributed by atoms with Crippen LogP contribution in [0.4, 0.5) is 0 Å². The van der Waals surface area contributed by atoms with Crippen molar-refractivity contribution in [2.45, 2.75) is 96.9 Å². The predicted molar refractivity (Wildman–Crippen MR) is 176 cm³/mol. The van der Waals surface area contributed by atoms with E-state index in [0.29, 0.717) is 49.6 Å². The molecular weight excluding hydrogens is 563 g/mol. The summed E-state index contributed by atoms with van der Waals surface area (Å²) < 4.78 is 1.13. The first-order chi connectivity index (χ1) is 20.2. The van der Waals surface area contributed by atoms with E-state index in [0.717, 1.165) is 71.9 Å². The molecular formula is C34H49N3O3S2. The van der Waals surface area contributed by atoms with Gasteiger partial charge in [0, 0.05) is 68.4 Å². The Balaban J connectivity index is 1.43. The number of Topliss-reactive ketones (excluding diaryl/α,β-unsaturated/α-hetero) is 2. The zero-order chi connectivity index (χ0) is 30.1. The molecule has 1 aromatic carbocycles. The molecule has 2 heterocycles. The zero-order valence-electron chi connectivity index (χ0n) is 25.8. The van der Waals surface area contributed by atoms with Gasteiger partial charge >= 0.3 is 0 Å². The Labute approximate surface area is 260 Å². The van der Waals surface area contributed by atoms with Gasteiger partial charge in [-0.2, -0.15) is 11.8 Å². The Morgan fingerprint density at radius 2 is 1.86 bits per heavy atom. The normalized spacial score (nSPS) is 17.9. The van der Waals surface area contributed by atoms with Gasteiger partial charge in [0.2, 0.25) is 5.91 Å². The number of nitrogens with one attached hydrogen (secondary N) is 1. The number of fused-ring (bicyclic) bond motifs is 1. The number of thioether (sulfide) groups is 1. The molecule has 42 heavy (non-hydrogen) atoms. The van der Waals surface area contributed by atoms with E-state index in [1.165, 1.54) is 5.56 Å². The van der Waals surface area contributed by atoms with Gasteiger partial charge in [-0.05, 0) is 55.2 Å². The number of carbonyl (C=O) groups is 3. The highest BCUT2D eigenvalue weighted by atomic mass is 32.2. The van der Waals surface area contributed by atoms with Crippen LogP contribution in [0.3, 0.4) is 0 Å². The number of amides is 1. The van der Waals surface area contributed by atoms with Crippen LogP contribution in [0, 0.1) is 11.8 Å². The second-order valence-corrected chi connectivity index (χ2v) is 14.8. The molecule has 1 saturated carbocycles. The van der Waals surface area contributed by atoms with Crippen molar-refractivity contribution in [3.63, 3.8) is 0 Å². The molecule has 2 aromatic rings. The molecule has 1 saturated heterocycles. The number of rotatable bonds is 16. The summed E-state index contributed by atoms with van der Waals surface area (Å²) in [6.45, 7) is 13.1. The molecule has 1 aliphatic carbocycles. The minimum atomic E-state index is -0.458. The number of hydrogen-bond donors (Lipinski definition) is 1. The molecule has 2 atom stereocenters. The standard InChI is InChI=1S/C34H49N3O3S2/c1-5-8-28(38)19-27(21-33-35-30-12-11-26(23(2)3)20-32(30)42-33)34(40)36-29(25-9-6-7-10-25)13-14-31(39)24(4)22-37-15-17-41-18-16-37/h11-12,20,23,25,27,29H,4-10,13-19,21-22H2,1-3H3,(H,36,40)/t27-,29+/m0/s1. The van der Waals surface area contributed by atoms with Crippen molar-refractivity contribution < 1.29 is 14.4 Å². The predicted octanol–water partition coefficient (Wildman–Crippen LogP) is 6.97. The first-order valence-electron chi connectivity index (χ1n) is 16.0. The Hall–Kier alpha value is -2.03. The van der Waals surface area contributed by atoms with Gasteiger partial charge in [-0.3, -0.25) is 19.3 Å². The molecule has 1 aliphatic heterocycles. The number of ketones is 2. The second kappa shape index (κ2) is 16.2. The van der Waals surface area contributed by atoms with Crippen LogP contribution in [-0.2, 0) is 20.8 Å². The first kappa shape index (κ1) is 32.9. The van der Waals surface area contributed by atoms with Crippen molar-refractivity contribution in [2.75, 3.05) is 31.1 Å². The molecule has 2 aliphatic rings. The Morgan fingerprint density at radius 1 is 1.12 bits per heavy atom. The minimum absolute atomic E-state index is 0.0594. The SMILES string of the molecule is C=C(CN1CCSCC1)C(=O)CC[C@@H](NC(=O)[C@@H](CC(=O)CCC)Cc1nc2ccc(C(C)C)cc2s1)C1CCCC1. The summed E-state index contributed by atoms with van der Waals surface area (Å²) in [6, 6.07) is 6.33. The van der Waals surface area contributed by atoms with Crippen molar-refractivity contribution in [1.82, 2.24) is 15.2 Å². The fourth-order valence-electron chi connectivity index (χ4n) is 6.23. The third-order valence-electron chi connectivity index (χ3n) is 8.81. The van der Waals surface area contributed by atoms with Crippen LogP contribution >= 0.6 is 23.1 Å². The fourth-order valence-corrected chi connectivity index (χ4v) is 8.30. The zero-order valence-corrected chi connectivity index (χ0v) is 27.4. The highest BCUT2D eigenvalue weighted by Crippen LogP contribution is 2.32. The largest absolute Gasteiger partial charge is 0.353 e. The quantitative estimate of drug-likeness (QED) is 0.207. The number of carbonyl (C=O) groups excluding carboxylic acids is 3. The highest BCUT2D eigenvalue weighted by molar-refractivity contribution is 7.99. The van der Waals surface area contributed by atoms with Crippen LogP contribution < -0.4 is 5.32 Å². The minimum Gasteiger partial charge on any atom is -0.353 e. The van der Waals surface area contributed by atoms with Crippen molar-refractivity contribution in [1.29, 1.82) is 0 Å². The topological polar surface area (TPSA) is 79.4 Å². The van der Waals surface area contributed by atoms with Crippen LogP contribution in [0.1, 0.15) is 95.0 Å². The van der Waals surface area contributed by atoms with Crippen molar-refractivity contribution in [3.8, 4) is 0 Å². The van der Waals surface area contributed by atoms with Gasteiger partial charge in [-0.25, -0.2) is 4.98 Å². The molecule has 6 nitrogen and oxygen atoms in total. The van der Waals surface area contributed by atoms with E-state index < -0.39 is 5.92 Å². The van der Waals surface area contributed by atoms with Gasteiger partial charge in [0.15, 0.2) is 5.78 Å². The summed E-state index contributed by atoms with van der Waals surface area (Å²) in [6.07, 6.45) is 7.44. The summed E-state index contributed by atoms with van der Waals surface area (Å²) in [4.78, 5) is 46.9. The van der Waals surface area contributed by atoms with Crippen LogP contribution in [0.15, 0.2) is 30.4 Å². The van der Waals surface area contributed by atoms with E-state index in [-0.39, 0.29) is 29.9 Å². The lowest BCUT2D eigenvalue weighted by molar-refractivity contribution is -0.130. The molecule has 2 fully saturated rings. The molecule has 0 bridgehead atoms. The maximum atomic E-state index is 13.9. The average molecular weight is 612 g/mol. The first-order valence-corrected chi connectivity index (χ1v) is 17.9. The number of hydrogen-bond acceptors (Lipinski definition) is 7. The molecule has 8 heteroatoms. The van der Waals surface area contributed by atoms with E-state index in [9.17, 15) is 14.4 Å². The Kier molecular flexibility index (Phi) is 12.6. The van der Waals surface area contributed by atoms with Crippen LogP contribution in [-0.4, -0.2) is 64.5 Å². The van der Waals surface area contributed by atoms with E-state index >= 15 is 0 Å². The van der Waals surface area contributed by atoms with E-state index in [1.807, 2.05) is 18.7 Å². The van der Waals surface area contributed by atoms with E-state index in [1.54, 1.807) is 11.3 Å². The molecule has 0 radical (unpaired) electrons. The van der Waals surface area contributed by atoms with Gasteiger partial charge in [0.25, 0.3) is 0 Å². The lowest BCUT2D eigenvalue weighted by Crippen LogP contribution is -2.44. The van der Waals surface area contributed by atoms with Gasteiger partial charge in [0.05, 0.1) is 21.1 Å². The van der Waals surface area contributed by atoms with Crippen LogP contribution in [0.5, 0.6) is 0 Å². The number of aromatic nitrogens is 1. The summed E-state index contributed by atoms with van der Waals surface area (Å²) in [5.74, 6) is 2.72. The lowest BCUT2D eigenvalue weighted by atomic mass is 9.90. The molecule has 1 amide bonds. The third-order valence-corrected chi connectivity index (χ3v) is 10.8. The molecule has 1 N–H and O–H groups in total. The Morgan fingerprint density at radius 3 is 2.55 bits per heavy atom. The highest BCUT2D eigenvalue weighted by Gasteiger charge is 2.31. The summed E-state index contributed by atoms with van der Waals surface area (Å²) in [5.41, 5.74) is 2.90. The number of thiazole rings is 1. The maximum Gasteiger partial charge on any atom is 0.224 e. The van der Waals surface area contributed by atoms with E-state index in [4.69, 9.17) is 4.98 Å². The second-order valence-electron chi connectivity index (χ2n) is 12.5. The molecule has 4 rings (SSSR count). The number of nitrogens with zero attached hydrogens (tertiary/aromatic N) is 2. The molecule has 0 spiro atoms. The van der Waals surface area contributed by atoms with Gasteiger partial charge in [-0.15, -0.1) is 11.3 Å². The molecule has 230 valence electrons. The maximum absolute atomic E-state index is 13.9. The van der Waals surface area contributed by atoms with Crippen molar-refractivity contribution in [3.05, 3.63) is 40.9 Å². The smallest absolute Gasteiger partial charge is 0.224 e. The van der Waals surface area contributed by atoms with E-state index in [2.05, 4.69) is 48.8 Å². The monoisotopic (exact) mass is 611 g/mol. The van der Waals surface area contributed by atoms with Crippen molar-refractivity contribution in [2.24, 2.45) is 11.8 Å². The third kappa shape index (κ3) is 9.48. The summed E-state index contributed by atoms with van der Waals surface area (Å²) in [5, 5.41) is 4.25. The average Bonchev–Trinajstić information content (AvgIpc) is 3.65. The molecule has 1 aromatic heterocycles. The van der Waals surface area contributed by atoms with Crippen LogP contribution in [0.25, 0.3) is 10.2 Å². The van der Waals surface area contributed by atoms with Gasteiger partial charge in [0.1, 0.15) is 5.78 Å². The summed E-state index contributed by atoms with van der Waals surface area (Å²) in [7, 11) is 0. The summed E-state index contributed by atoms with van der Waals surface area (Å²) >= 11 is 3.59. The lowest BCUT2D eigenvalue weighted by Gasteiger charge is -2.28. The fraction of sp³-hybridized carbons (Fsp3) is 0.647. The number of benzene rings is 1. The van der Waals surface area contributed by atoms with Gasteiger partial charge < -0.3 is 5.32 Å². The van der Waals surface area contributed by atoms with Crippen LogP contribution in [0.2, 0.25) is 0 Å². The van der Waals surface area contributed by atoms with Crippen molar-refractivity contribution >= 4 is 50.8 Å².